The third-order valence-electron chi connectivity index (χ3n) is 3.52. The average molecular weight is 277 g/mol. The summed E-state index contributed by atoms with van der Waals surface area (Å²) in [6.07, 6.45) is 0.332. The summed E-state index contributed by atoms with van der Waals surface area (Å²) in [5, 5.41) is 2.94. The first-order chi connectivity index (χ1) is 9.11. The second-order valence-electron chi connectivity index (χ2n) is 6.62. The topological polar surface area (TPSA) is 58.4 Å². The molecule has 1 atom stereocenters. The minimum absolute atomic E-state index is 0.0341. The van der Waals surface area contributed by atoms with E-state index in [1.165, 1.54) is 0 Å². The molecule has 0 radical (unpaired) electrons. The molecule has 4 nitrogen and oxygen atoms in total. The van der Waals surface area contributed by atoms with E-state index >= 15 is 0 Å². The van der Waals surface area contributed by atoms with Gasteiger partial charge in [-0.2, -0.15) is 0 Å². The molecule has 0 saturated carbocycles. The van der Waals surface area contributed by atoms with Crippen molar-refractivity contribution in [1.82, 2.24) is 0 Å². The first kappa shape index (κ1) is 16.5. The van der Waals surface area contributed by atoms with Crippen LogP contribution in [0.2, 0.25) is 0 Å². The number of carbonyl (C=O) groups is 1. The van der Waals surface area contributed by atoms with Gasteiger partial charge in [-0.15, -0.1) is 0 Å². The summed E-state index contributed by atoms with van der Waals surface area (Å²) >= 11 is 0. The summed E-state index contributed by atoms with van der Waals surface area (Å²) in [4.78, 5) is 14.1. The molecule has 0 fully saturated rings. The zero-order chi connectivity index (χ0) is 15.5. The number of aryl methyl sites for hydroxylation is 1. The number of hydrogen-bond donors (Lipinski definition) is 2. The summed E-state index contributed by atoms with van der Waals surface area (Å²) in [5.74, 6) is -0.0341. The Morgan fingerprint density at radius 2 is 1.95 bits per heavy atom. The van der Waals surface area contributed by atoms with Crippen LogP contribution in [0, 0.1) is 12.3 Å². The first-order valence-corrected chi connectivity index (χ1v) is 6.94. The molecule has 1 unspecified atom stereocenters. The van der Waals surface area contributed by atoms with Crippen LogP contribution in [0.25, 0.3) is 0 Å². The van der Waals surface area contributed by atoms with Crippen LogP contribution >= 0.6 is 0 Å². The van der Waals surface area contributed by atoms with Gasteiger partial charge in [0.15, 0.2) is 0 Å². The van der Waals surface area contributed by atoms with E-state index in [0.717, 1.165) is 16.9 Å². The van der Waals surface area contributed by atoms with Crippen molar-refractivity contribution >= 4 is 17.3 Å². The highest BCUT2D eigenvalue weighted by Crippen LogP contribution is 2.23. The summed E-state index contributed by atoms with van der Waals surface area (Å²) in [7, 11) is 3.99. The van der Waals surface area contributed by atoms with Crippen LogP contribution in [0.3, 0.4) is 0 Å². The lowest BCUT2D eigenvalue weighted by atomic mass is 9.85. The molecule has 0 aliphatic rings. The monoisotopic (exact) mass is 277 g/mol. The van der Waals surface area contributed by atoms with Crippen molar-refractivity contribution in [2.75, 3.05) is 24.3 Å². The molecule has 0 saturated heterocycles. The van der Waals surface area contributed by atoms with Gasteiger partial charge in [-0.1, -0.05) is 20.8 Å². The number of nitrogens with two attached hydrogens (primary N) is 1. The second-order valence-corrected chi connectivity index (χ2v) is 6.62. The van der Waals surface area contributed by atoms with Gasteiger partial charge in [-0.05, 0) is 36.1 Å². The van der Waals surface area contributed by atoms with Gasteiger partial charge in [0.05, 0.1) is 0 Å². The van der Waals surface area contributed by atoms with Gasteiger partial charge in [0.1, 0.15) is 0 Å². The maximum atomic E-state index is 12.0. The second kappa shape index (κ2) is 6.27. The van der Waals surface area contributed by atoms with E-state index < -0.39 is 0 Å². The van der Waals surface area contributed by atoms with Crippen molar-refractivity contribution in [3.8, 4) is 0 Å². The Labute approximate surface area is 122 Å². The number of benzene rings is 1. The number of amides is 1. The molecule has 3 N–H and O–H groups in total. The Morgan fingerprint density at radius 1 is 1.35 bits per heavy atom. The third kappa shape index (κ3) is 4.53. The van der Waals surface area contributed by atoms with Crippen LogP contribution < -0.4 is 16.0 Å². The van der Waals surface area contributed by atoms with Crippen LogP contribution in [0.4, 0.5) is 11.4 Å². The number of anilines is 2. The third-order valence-corrected chi connectivity index (χ3v) is 3.52. The Kier molecular flexibility index (Phi) is 5.17. The fraction of sp³-hybridized carbons (Fsp3) is 0.562. The summed E-state index contributed by atoms with van der Waals surface area (Å²) < 4.78 is 0. The van der Waals surface area contributed by atoms with E-state index in [2.05, 4.69) is 11.4 Å². The van der Waals surface area contributed by atoms with E-state index in [-0.39, 0.29) is 17.4 Å². The smallest absolute Gasteiger partial charge is 0.225 e. The SMILES string of the molecule is Cc1cc(N(C)C)ccc1NC(=O)CC(N)C(C)(C)C. The molecule has 0 spiro atoms. The normalized spacial score (nSPS) is 12.9. The van der Waals surface area contributed by atoms with Crippen molar-refractivity contribution in [2.24, 2.45) is 11.1 Å². The Bertz CT molecular complexity index is 475. The molecule has 1 rings (SSSR count). The molecule has 112 valence electrons. The largest absolute Gasteiger partial charge is 0.378 e. The van der Waals surface area contributed by atoms with Crippen molar-refractivity contribution in [3.05, 3.63) is 23.8 Å². The van der Waals surface area contributed by atoms with Gasteiger partial charge in [-0.25, -0.2) is 0 Å². The van der Waals surface area contributed by atoms with Gasteiger partial charge in [-0.3, -0.25) is 4.79 Å². The van der Waals surface area contributed by atoms with E-state index in [4.69, 9.17) is 5.73 Å². The minimum atomic E-state index is -0.149. The maximum absolute atomic E-state index is 12.0. The number of nitrogens with zero attached hydrogens (tertiary/aromatic N) is 1. The lowest BCUT2D eigenvalue weighted by Crippen LogP contribution is -2.38. The van der Waals surface area contributed by atoms with Crippen molar-refractivity contribution in [2.45, 2.75) is 40.2 Å². The van der Waals surface area contributed by atoms with Gasteiger partial charge >= 0.3 is 0 Å². The fourth-order valence-corrected chi connectivity index (χ4v) is 1.77. The number of rotatable bonds is 4. The summed E-state index contributed by atoms with van der Waals surface area (Å²) in [6, 6.07) is 5.83. The molecule has 1 aromatic carbocycles. The van der Waals surface area contributed by atoms with Crippen LogP contribution in [0.5, 0.6) is 0 Å². The minimum Gasteiger partial charge on any atom is -0.378 e. The molecule has 0 aromatic heterocycles. The Balaban J connectivity index is 2.72. The van der Waals surface area contributed by atoms with Crippen LogP contribution in [-0.2, 0) is 4.79 Å². The van der Waals surface area contributed by atoms with E-state index in [0.29, 0.717) is 6.42 Å². The molecular weight excluding hydrogens is 250 g/mol. The van der Waals surface area contributed by atoms with Crippen molar-refractivity contribution in [3.63, 3.8) is 0 Å². The number of carbonyl (C=O) groups excluding carboxylic acids is 1. The zero-order valence-corrected chi connectivity index (χ0v) is 13.4. The summed E-state index contributed by atoms with van der Waals surface area (Å²) in [5.41, 5.74) is 8.99. The number of hydrogen-bond acceptors (Lipinski definition) is 3. The lowest BCUT2D eigenvalue weighted by molar-refractivity contribution is -0.117. The molecule has 0 heterocycles. The molecule has 0 aliphatic carbocycles. The fourth-order valence-electron chi connectivity index (χ4n) is 1.77. The highest BCUT2D eigenvalue weighted by atomic mass is 16.1. The number of nitrogens with one attached hydrogen (secondary N) is 1. The van der Waals surface area contributed by atoms with Gasteiger partial charge in [0.2, 0.25) is 5.91 Å². The molecule has 1 amide bonds. The first-order valence-electron chi connectivity index (χ1n) is 6.94. The van der Waals surface area contributed by atoms with Gasteiger partial charge in [0.25, 0.3) is 0 Å². The van der Waals surface area contributed by atoms with E-state index in [1.54, 1.807) is 0 Å². The highest BCUT2D eigenvalue weighted by Gasteiger charge is 2.23. The van der Waals surface area contributed by atoms with Gasteiger partial charge < -0.3 is 16.0 Å². The molecule has 0 aliphatic heterocycles. The Morgan fingerprint density at radius 3 is 2.40 bits per heavy atom. The Hall–Kier alpha value is -1.55. The molecule has 20 heavy (non-hydrogen) atoms. The quantitative estimate of drug-likeness (QED) is 0.889. The zero-order valence-electron chi connectivity index (χ0n) is 13.4. The van der Waals surface area contributed by atoms with Crippen molar-refractivity contribution < 1.29 is 4.79 Å². The van der Waals surface area contributed by atoms with Crippen LogP contribution in [0.1, 0.15) is 32.8 Å². The predicted octanol–water partition coefficient (Wildman–Crippen LogP) is 2.76. The standard InChI is InChI=1S/C16H27N3O/c1-11-9-12(19(5)6)7-8-13(11)18-15(20)10-14(17)16(2,3)4/h7-9,14H,10,17H2,1-6H3,(H,18,20). The van der Waals surface area contributed by atoms with E-state index in [1.807, 2.05) is 58.8 Å². The average Bonchev–Trinajstić information content (AvgIpc) is 2.30. The van der Waals surface area contributed by atoms with Crippen LogP contribution in [-0.4, -0.2) is 26.0 Å². The molecule has 1 aromatic rings. The molecule has 0 bridgehead atoms. The predicted molar refractivity (Wildman–Crippen MR) is 86.2 cm³/mol. The van der Waals surface area contributed by atoms with E-state index in [9.17, 15) is 4.79 Å². The van der Waals surface area contributed by atoms with Crippen molar-refractivity contribution in [1.29, 1.82) is 0 Å². The highest BCUT2D eigenvalue weighted by molar-refractivity contribution is 5.92. The molecule has 4 heteroatoms. The summed E-state index contributed by atoms with van der Waals surface area (Å²) in [6.45, 7) is 8.12. The lowest BCUT2D eigenvalue weighted by Gasteiger charge is -2.26. The van der Waals surface area contributed by atoms with Crippen LogP contribution in [0.15, 0.2) is 18.2 Å². The maximum Gasteiger partial charge on any atom is 0.225 e. The van der Waals surface area contributed by atoms with Gasteiger partial charge in [0, 0.05) is 37.9 Å². The molecular formula is C16H27N3O.